The molecule has 0 saturated carbocycles. The van der Waals surface area contributed by atoms with Crippen LogP contribution in [-0.2, 0) is 14.8 Å². The standard InChI is InChI=1S/C24H22FN3O4S/c1-2-16-26-24(30)21-10-6-7-11-22(21)27-23(29)17-28(19-8-4-3-5-9-19)33(31,32)20-14-12-18(25)13-15-20/h2-15H,1,16-17H2,(H,26,30)(H,27,29). The Balaban J connectivity index is 1.89. The summed E-state index contributed by atoms with van der Waals surface area (Å²) in [4.78, 5) is 25.1. The Kier molecular flexibility index (Phi) is 7.57. The Bertz CT molecular complexity index is 1250. The summed E-state index contributed by atoms with van der Waals surface area (Å²) in [6.07, 6.45) is 1.52. The van der Waals surface area contributed by atoms with Crippen LogP contribution in [0.4, 0.5) is 15.8 Å². The van der Waals surface area contributed by atoms with Gasteiger partial charge < -0.3 is 10.6 Å². The number of carbonyl (C=O) groups is 2. The number of halogens is 1. The summed E-state index contributed by atoms with van der Waals surface area (Å²) in [5.74, 6) is -1.65. The fourth-order valence-corrected chi connectivity index (χ4v) is 4.43. The summed E-state index contributed by atoms with van der Waals surface area (Å²) in [6.45, 7) is 3.23. The molecule has 0 atom stereocenters. The number of hydrogen-bond donors (Lipinski definition) is 2. The molecule has 3 aromatic rings. The van der Waals surface area contributed by atoms with Crippen LogP contribution in [0, 0.1) is 5.82 Å². The van der Waals surface area contributed by atoms with Crippen molar-refractivity contribution >= 4 is 33.2 Å². The van der Waals surface area contributed by atoms with Gasteiger partial charge in [0.05, 0.1) is 21.8 Å². The zero-order valence-corrected chi connectivity index (χ0v) is 18.4. The van der Waals surface area contributed by atoms with Gasteiger partial charge in [-0.2, -0.15) is 0 Å². The van der Waals surface area contributed by atoms with Gasteiger partial charge in [0.15, 0.2) is 0 Å². The van der Waals surface area contributed by atoms with Crippen LogP contribution in [0.1, 0.15) is 10.4 Å². The van der Waals surface area contributed by atoms with Crippen LogP contribution in [0.15, 0.2) is 96.4 Å². The summed E-state index contributed by atoms with van der Waals surface area (Å²) >= 11 is 0. The molecule has 0 aliphatic heterocycles. The molecule has 0 spiro atoms. The first-order valence-electron chi connectivity index (χ1n) is 9.94. The smallest absolute Gasteiger partial charge is 0.264 e. The molecule has 0 heterocycles. The number of anilines is 2. The third kappa shape index (κ3) is 5.83. The molecule has 2 amide bonds. The maximum atomic E-state index is 13.3. The number of amides is 2. The fourth-order valence-electron chi connectivity index (χ4n) is 3.01. The van der Waals surface area contributed by atoms with Crippen molar-refractivity contribution in [2.45, 2.75) is 4.90 Å². The van der Waals surface area contributed by atoms with E-state index in [2.05, 4.69) is 17.2 Å². The number of sulfonamides is 1. The molecule has 170 valence electrons. The molecule has 2 N–H and O–H groups in total. The SMILES string of the molecule is C=CCNC(=O)c1ccccc1NC(=O)CN(c1ccccc1)S(=O)(=O)c1ccc(F)cc1. The maximum Gasteiger partial charge on any atom is 0.264 e. The molecule has 9 heteroatoms. The first-order chi connectivity index (χ1) is 15.8. The molecule has 0 bridgehead atoms. The number of nitrogens with one attached hydrogen (secondary N) is 2. The maximum absolute atomic E-state index is 13.3. The molecule has 7 nitrogen and oxygen atoms in total. The predicted molar refractivity (Wildman–Crippen MR) is 125 cm³/mol. The molecule has 0 fully saturated rings. The molecule has 3 aromatic carbocycles. The van der Waals surface area contributed by atoms with E-state index in [1.165, 1.54) is 12.1 Å². The van der Waals surface area contributed by atoms with Crippen LogP contribution in [0.3, 0.4) is 0 Å². The average Bonchev–Trinajstić information content (AvgIpc) is 2.82. The Morgan fingerprint density at radius 3 is 2.24 bits per heavy atom. The molecule has 0 unspecified atom stereocenters. The minimum Gasteiger partial charge on any atom is -0.349 e. The van der Waals surface area contributed by atoms with Gasteiger partial charge in [-0.05, 0) is 48.5 Å². The molecular weight excluding hydrogens is 445 g/mol. The Hall–Kier alpha value is -3.98. The number of para-hydroxylation sites is 2. The summed E-state index contributed by atoms with van der Waals surface area (Å²) in [5, 5.41) is 5.24. The lowest BCUT2D eigenvalue weighted by molar-refractivity contribution is -0.114. The average molecular weight is 468 g/mol. The first kappa shape index (κ1) is 23.7. The lowest BCUT2D eigenvalue weighted by atomic mass is 10.1. The van der Waals surface area contributed by atoms with Gasteiger partial charge >= 0.3 is 0 Å². The van der Waals surface area contributed by atoms with Crippen LogP contribution in [0.2, 0.25) is 0 Å². The summed E-state index contributed by atoms with van der Waals surface area (Å²) in [5.41, 5.74) is 0.714. The highest BCUT2D eigenvalue weighted by molar-refractivity contribution is 7.92. The Morgan fingerprint density at radius 2 is 1.58 bits per heavy atom. The minimum atomic E-state index is -4.18. The molecule has 0 saturated heterocycles. The summed E-state index contributed by atoms with van der Waals surface area (Å²) < 4.78 is 40.8. The van der Waals surface area contributed by atoms with Gasteiger partial charge in [0, 0.05) is 6.54 Å². The number of nitrogens with zero attached hydrogens (tertiary/aromatic N) is 1. The van der Waals surface area contributed by atoms with Crippen molar-refractivity contribution < 1.29 is 22.4 Å². The van der Waals surface area contributed by atoms with Crippen LogP contribution in [0.25, 0.3) is 0 Å². The molecule has 0 aliphatic carbocycles. The second-order valence-corrected chi connectivity index (χ2v) is 8.76. The molecule has 0 aliphatic rings. The van der Waals surface area contributed by atoms with Crippen molar-refractivity contribution in [3.8, 4) is 0 Å². The van der Waals surface area contributed by atoms with Crippen molar-refractivity contribution in [2.75, 3.05) is 22.7 Å². The largest absolute Gasteiger partial charge is 0.349 e. The van der Waals surface area contributed by atoms with Crippen molar-refractivity contribution in [2.24, 2.45) is 0 Å². The predicted octanol–water partition coefficient (Wildman–Crippen LogP) is 3.58. The number of hydrogen-bond acceptors (Lipinski definition) is 4. The molecular formula is C24H22FN3O4S. The molecule has 3 rings (SSSR count). The summed E-state index contributed by atoms with van der Waals surface area (Å²) in [6, 6.07) is 18.8. The van der Waals surface area contributed by atoms with Gasteiger partial charge in [-0.3, -0.25) is 13.9 Å². The van der Waals surface area contributed by atoms with Gasteiger partial charge in [0.1, 0.15) is 12.4 Å². The van der Waals surface area contributed by atoms with E-state index in [4.69, 9.17) is 0 Å². The van der Waals surface area contributed by atoms with Gasteiger partial charge in [-0.25, -0.2) is 12.8 Å². The van der Waals surface area contributed by atoms with Gasteiger partial charge in [0.2, 0.25) is 5.91 Å². The van der Waals surface area contributed by atoms with E-state index in [9.17, 15) is 22.4 Å². The van der Waals surface area contributed by atoms with Crippen LogP contribution in [0.5, 0.6) is 0 Å². The first-order valence-corrected chi connectivity index (χ1v) is 11.4. The molecule has 0 aromatic heterocycles. The molecule has 33 heavy (non-hydrogen) atoms. The van der Waals surface area contributed by atoms with Gasteiger partial charge in [0.25, 0.3) is 15.9 Å². The van der Waals surface area contributed by atoms with E-state index in [-0.39, 0.29) is 28.4 Å². The fraction of sp³-hybridized carbons (Fsp3) is 0.0833. The van der Waals surface area contributed by atoms with E-state index in [1.807, 2.05) is 0 Å². The quantitative estimate of drug-likeness (QED) is 0.470. The lowest BCUT2D eigenvalue weighted by Crippen LogP contribution is -2.38. The van der Waals surface area contributed by atoms with Crippen LogP contribution in [-0.4, -0.2) is 33.3 Å². The van der Waals surface area contributed by atoms with Crippen LogP contribution < -0.4 is 14.9 Å². The number of carbonyl (C=O) groups excluding carboxylic acids is 2. The van der Waals surface area contributed by atoms with Crippen molar-refractivity contribution in [3.63, 3.8) is 0 Å². The Labute approximate surface area is 191 Å². The van der Waals surface area contributed by atoms with E-state index in [1.54, 1.807) is 48.5 Å². The number of rotatable bonds is 9. The second kappa shape index (κ2) is 10.6. The third-order valence-electron chi connectivity index (χ3n) is 4.59. The zero-order valence-electron chi connectivity index (χ0n) is 17.6. The topological polar surface area (TPSA) is 95.6 Å². The van der Waals surface area contributed by atoms with Crippen molar-refractivity contribution in [3.05, 3.63) is 103 Å². The molecule has 0 radical (unpaired) electrons. The van der Waals surface area contributed by atoms with Gasteiger partial charge in [-0.15, -0.1) is 6.58 Å². The monoisotopic (exact) mass is 467 g/mol. The second-order valence-electron chi connectivity index (χ2n) is 6.89. The lowest BCUT2D eigenvalue weighted by Gasteiger charge is -2.24. The minimum absolute atomic E-state index is 0.162. The Morgan fingerprint density at radius 1 is 0.939 bits per heavy atom. The zero-order chi connectivity index (χ0) is 23.8. The summed E-state index contributed by atoms with van der Waals surface area (Å²) in [7, 11) is -4.18. The normalized spacial score (nSPS) is 10.8. The van der Waals surface area contributed by atoms with E-state index < -0.39 is 34.2 Å². The van der Waals surface area contributed by atoms with E-state index >= 15 is 0 Å². The number of benzene rings is 3. The van der Waals surface area contributed by atoms with Crippen molar-refractivity contribution in [1.82, 2.24) is 5.32 Å². The van der Waals surface area contributed by atoms with Gasteiger partial charge in [-0.1, -0.05) is 36.4 Å². The van der Waals surface area contributed by atoms with E-state index in [0.717, 1.165) is 28.6 Å². The van der Waals surface area contributed by atoms with E-state index in [0.29, 0.717) is 0 Å². The highest BCUT2D eigenvalue weighted by atomic mass is 32.2. The van der Waals surface area contributed by atoms with Crippen LogP contribution >= 0.6 is 0 Å². The van der Waals surface area contributed by atoms with Crippen molar-refractivity contribution in [1.29, 1.82) is 0 Å². The third-order valence-corrected chi connectivity index (χ3v) is 6.37. The highest BCUT2D eigenvalue weighted by Crippen LogP contribution is 2.24. The highest BCUT2D eigenvalue weighted by Gasteiger charge is 2.27.